The van der Waals surface area contributed by atoms with Crippen molar-refractivity contribution >= 4 is 0 Å². The van der Waals surface area contributed by atoms with Crippen molar-refractivity contribution in [3.05, 3.63) is 11.7 Å². The zero-order chi connectivity index (χ0) is 13.0. The quantitative estimate of drug-likeness (QED) is 0.874. The molecule has 18 heavy (non-hydrogen) atoms. The Morgan fingerprint density at radius 2 is 2.11 bits per heavy atom. The van der Waals surface area contributed by atoms with Crippen molar-refractivity contribution in [3.63, 3.8) is 0 Å². The summed E-state index contributed by atoms with van der Waals surface area (Å²) in [6, 6.07) is 0.310. The lowest BCUT2D eigenvalue weighted by atomic mass is 9.83. The van der Waals surface area contributed by atoms with Crippen molar-refractivity contribution in [2.75, 3.05) is 0 Å². The van der Waals surface area contributed by atoms with Gasteiger partial charge in [0.1, 0.15) is 0 Å². The van der Waals surface area contributed by atoms with Gasteiger partial charge in [-0.1, -0.05) is 31.8 Å². The van der Waals surface area contributed by atoms with E-state index in [2.05, 4.69) is 24.0 Å². The van der Waals surface area contributed by atoms with Crippen molar-refractivity contribution < 1.29 is 4.52 Å². The van der Waals surface area contributed by atoms with Gasteiger partial charge in [-0.15, -0.1) is 0 Å². The second-order valence-corrected chi connectivity index (χ2v) is 5.95. The first-order valence-corrected chi connectivity index (χ1v) is 7.22. The molecule has 0 aliphatic heterocycles. The second-order valence-electron chi connectivity index (χ2n) is 5.95. The Hall–Kier alpha value is -0.900. The highest BCUT2D eigenvalue weighted by Gasteiger charge is 2.24. The van der Waals surface area contributed by atoms with Crippen molar-refractivity contribution in [2.24, 2.45) is 17.6 Å². The molecule has 2 unspecified atom stereocenters. The van der Waals surface area contributed by atoms with Gasteiger partial charge in [-0.3, -0.25) is 0 Å². The van der Waals surface area contributed by atoms with Gasteiger partial charge >= 0.3 is 0 Å². The average molecular weight is 251 g/mol. The van der Waals surface area contributed by atoms with Crippen LogP contribution in [0.4, 0.5) is 0 Å². The number of hydrogen-bond donors (Lipinski definition) is 1. The van der Waals surface area contributed by atoms with Gasteiger partial charge in [-0.05, 0) is 31.1 Å². The molecule has 2 N–H and O–H groups in total. The summed E-state index contributed by atoms with van der Waals surface area (Å²) in [6.45, 7) is 4.42. The van der Waals surface area contributed by atoms with Gasteiger partial charge in [0.15, 0.2) is 5.82 Å². The third-order valence-corrected chi connectivity index (χ3v) is 3.86. The zero-order valence-corrected chi connectivity index (χ0v) is 11.6. The van der Waals surface area contributed by atoms with Gasteiger partial charge in [0, 0.05) is 18.9 Å². The molecule has 102 valence electrons. The molecule has 0 bridgehead atoms. The Morgan fingerprint density at radius 3 is 2.83 bits per heavy atom. The molecule has 0 aromatic carbocycles. The summed E-state index contributed by atoms with van der Waals surface area (Å²) in [6.07, 6.45) is 7.77. The molecule has 4 nitrogen and oxygen atoms in total. The smallest absolute Gasteiger partial charge is 0.226 e. The third kappa shape index (κ3) is 3.80. The number of aryl methyl sites for hydroxylation is 1. The molecular weight excluding hydrogens is 226 g/mol. The van der Waals surface area contributed by atoms with Crippen LogP contribution in [0, 0.1) is 11.8 Å². The second kappa shape index (κ2) is 6.32. The normalized spacial score (nSPS) is 24.7. The molecule has 2 rings (SSSR count). The molecule has 1 aliphatic carbocycles. The molecule has 1 saturated carbocycles. The van der Waals surface area contributed by atoms with Crippen LogP contribution in [0.15, 0.2) is 4.52 Å². The van der Waals surface area contributed by atoms with Crippen LogP contribution in [0.5, 0.6) is 0 Å². The van der Waals surface area contributed by atoms with E-state index in [9.17, 15) is 0 Å². The monoisotopic (exact) mass is 251 g/mol. The van der Waals surface area contributed by atoms with E-state index in [0.717, 1.165) is 37.4 Å². The summed E-state index contributed by atoms with van der Waals surface area (Å²) in [5, 5.41) is 4.05. The number of nitrogens with zero attached hydrogens (tertiary/aromatic N) is 2. The van der Waals surface area contributed by atoms with Crippen molar-refractivity contribution in [3.8, 4) is 0 Å². The fraction of sp³-hybridized carbons (Fsp3) is 0.857. The van der Waals surface area contributed by atoms with Crippen LogP contribution in [0.1, 0.15) is 57.7 Å². The van der Waals surface area contributed by atoms with E-state index in [0.29, 0.717) is 17.9 Å². The molecular formula is C14H25N3O. The van der Waals surface area contributed by atoms with Crippen LogP contribution in [-0.2, 0) is 12.8 Å². The molecule has 1 heterocycles. The lowest BCUT2D eigenvalue weighted by Gasteiger charge is -2.27. The first-order valence-electron chi connectivity index (χ1n) is 7.22. The fourth-order valence-electron chi connectivity index (χ4n) is 2.61. The minimum absolute atomic E-state index is 0.310. The SMILES string of the molecule is CC(C)CCc1noc(CC2CCCCC2N)n1. The van der Waals surface area contributed by atoms with Crippen LogP contribution in [0.3, 0.4) is 0 Å². The first-order chi connectivity index (χ1) is 8.65. The molecule has 1 fully saturated rings. The number of hydrogen-bond acceptors (Lipinski definition) is 4. The maximum Gasteiger partial charge on any atom is 0.226 e. The Balaban J connectivity index is 1.85. The Morgan fingerprint density at radius 1 is 1.33 bits per heavy atom. The summed E-state index contributed by atoms with van der Waals surface area (Å²) in [5.41, 5.74) is 6.14. The predicted molar refractivity (Wildman–Crippen MR) is 71.1 cm³/mol. The topological polar surface area (TPSA) is 64.9 Å². The van der Waals surface area contributed by atoms with E-state index in [1.807, 2.05) is 0 Å². The first kappa shape index (κ1) is 13.5. The van der Waals surface area contributed by atoms with E-state index in [1.165, 1.54) is 19.3 Å². The number of nitrogens with two attached hydrogens (primary N) is 1. The van der Waals surface area contributed by atoms with E-state index < -0.39 is 0 Å². The summed E-state index contributed by atoms with van der Waals surface area (Å²) in [5.74, 6) is 2.83. The van der Waals surface area contributed by atoms with Crippen molar-refractivity contribution in [2.45, 2.75) is 64.8 Å². The Labute approximate surface area is 109 Å². The third-order valence-electron chi connectivity index (χ3n) is 3.86. The molecule has 0 spiro atoms. The van der Waals surface area contributed by atoms with Crippen LogP contribution < -0.4 is 5.73 Å². The molecule has 1 aromatic rings. The lowest BCUT2D eigenvalue weighted by molar-refractivity contribution is 0.272. The molecule has 0 amide bonds. The van der Waals surface area contributed by atoms with Gasteiger partial charge in [0.2, 0.25) is 5.89 Å². The summed E-state index contributed by atoms with van der Waals surface area (Å²) < 4.78 is 5.33. The minimum atomic E-state index is 0.310. The lowest BCUT2D eigenvalue weighted by Crippen LogP contribution is -2.34. The van der Waals surface area contributed by atoms with Gasteiger partial charge in [0.25, 0.3) is 0 Å². The highest BCUT2D eigenvalue weighted by atomic mass is 16.5. The van der Waals surface area contributed by atoms with Gasteiger partial charge < -0.3 is 10.3 Å². The van der Waals surface area contributed by atoms with Gasteiger partial charge in [-0.25, -0.2) is 0 Å². The van der Waals surface area contributed by atoms with Gasteiger partial charge in [-0.2, -0.15) is 4.98 Å². The van der Waals surface area contributed by atoms with E-state index in [-0.39, 0.29) is 0 Å². The highest BCUT2D eigenvalue weighted by Crippen LogP contribution is 2.25. The number of rotatable bonds is 5. The summed E-state index contributed by atoms with van der Waals surface area (Å²) >= 11 is 0. The van der Waals surface area contributed by atoms with E-state index in [4.69, 9.17) is 10.3 Å². The van der Waals surface area contributed by atoms with Crippen LogP contribution >= 0.6 is 0 Å². The molecule has 0 saturated heterocycles. The highest BCUT2D eigenvalue weighted by molar-refractivity contribution is 4.91. The largest absolute Gasteiger partial charge is 0.339 e. The summed E-state index contributed by atoms with van der Waals surface area (Å²) in [7, 11) is 0. The fourth-order valence-corrected chi connectivity index (χ4v) is 2.61. The van der Waals surface area contributed by atoms with Gasteiger partial charge in [0.05, 0.1) is 0 Å². The minimum Gasteiger partial charge on any atom is -0.339 e. The van der Waals surface area contributed by atoms with Crippen molar-refractivity contribution in [1.29, 1.82) is 0 Å². The van der Waals surface area contributed by atoms with Crippen LogP contribution in [0.25, 0.3) is 0 Å². The predicted octanol–water partition coefficient (Wildman–Crippen LogP) is 2.72. The standard InChI is InChI=1S/C14H25N3O/c1-10(2)7-8-13-16-14(18-17-13)9-11-5-3-4-6-12(11)15/h10-12H,3-9,15H2,1-2H3. The molecule has 1 aliphatic rings. The molecule has 0 radical (unpaired) electrons. The van der Waals surface area contributed by atoms with E-state index in [1.54, 1.807) is 0 Å². The Kier molecular flexibility index (Phi) is 4.75. The van der Waals surface area contributed by atoms with Crippen molar-refractivity contribution in [1.82, 2.24) is 10.1 Å². The van der Waals surface area contributed by atoms with Crippen LogP contribution in [0.2, 0.25) is 0 Å². The Bertz CT molecular complexity index is 362. The zero-order valence-electron chi connectivity index (χ0n) is 11.6. The number of aromatic nitrogens is 2. The van der Waals surface area contributed by atoms with E-state index >= 15 is 0 Å². The molecule has 2 atom stereocenters. The van der Waals surface area contributed by atoms with Crippen LogP contribution in [-0.4, -0.2) is 16.2 Å². The molecule has 4 heteroatoms. The average Bonchev–Trinajstić information content (AvgIpc) is 2.77. The summed E-state index contributed by atoms with van der Waals surface area (Å²) in [4.78, 5) is 4.48. The maximum absolute atomic E-state index is 6.14. The maximum atomic E-state index is 6.14. The molecule has 1 aromatic heterocycles.